The molecular formula is C28H26N2O5S. The van der Waals surface area contributed by atoms with Gasteiger partial charge in [0.2, 0.25) is 0 Å². The van der Waals surface area contributed by atoms with Crippen LogP contribution in [0.1, 0.15) is 11.1 Å². The summed E-state index contributed by atoms with van der Waals surface area (Å²) in [5.41, 5.74) is 2.23. The van der Waals surface area contributed by atoms with Gasteiger partial charge in [0.1, 0.15) is 11.5 Å². The van der Waals surface area contributed by atoms with E-state index < -0.39 is 16.1 Å². The fourth-order valence-corrected chi connectivity index (χ4v) is 5.72. The predicted octanol–water partition coefficient (Wildman–Crippen LogP) is 4.43. The first-order chi connectivity index (χ1) is 17.3. The Hall–Kier alpha value is -4.04. The molecule has 8 heteroatoms. The van der Waals surface area contributed by atoms with Crippen LogP contribution in [0.4, 0.5) is 5.69 Å². The van der Waals surface area contributed by atoms with Crippen LogP contribution in [-0.4, -0.2) is 34.1 Å². The minimum absolute atomic E-state index is 0.105. The first kappa shape index (κ1) is 23.7. The minimum Gasteiger partial charge on any atom is -0.497 e. The van der Waals surface area contributed by atoms with E-state index in [1.165, 1.54) is 23.5 Å². The Morgan fingerprint density at radius 3 is 2.50 bits per heavy atom. The molecular weight excluding hydrogens is 476 g/mol. The highest BCUT2D eigenvalue weighted by Gasteiger charge is 2.37. The van der Waals surface area contributed by atoms with Crippen LogP contribution in [0.15, 0.2) is 89.8 Å². The van der Waals surface area contributed by atoms with Gasteiger partial charge >= 0.3 is 0 Å². The van der Waals surface area contributed by atoms with Crippen LogP contribution >= 0.6 is 0 Å². The van der Waals surface area contributed by atoms with Crippen molar-refractivity contribution in [3.63, 3.8) is 0 Å². The number of nitrogens with zero attached hydrogens (tertiary/aromatic N) is 1. The van der Waals surface area contributed by atoms with Crippen LogP contribution in [0.3, 0.4) is 0 Å². The summed E-state index contributed by atoms with van der Waals surface area (Å²) in [6.45, 7) is 2.03. The average molecular weight is 503 g/mol. The first-order valence-corrected chi connectivity index (χ1v) is 13.0. The number of anilines is 1. The van der Waals surface area contributed by atoms with Crippen molar-refractivity contribution in [1.29, 1.82) is 0 Å². The number of sulfonamides is 1. The van der Waals surface area contributed by atoms with E-state index in [9.17, 15) is 13.2 Å². The highest BCUT2D eigenvalue weighted by Crippen LogP contribution is 2.38. The van der Waals surface area contributed by atoms with Gasteiger partial charge in [0.15, 0.2) is 6.10 Å². The van der Waals surface area contributed by atoms with Crippen LogP contribution < -0.4 is 19.1 Å². The summed E-state index contributed by atoms with van der Waals surface area (Å²) in [6.07, 6.45) is -1.01. The number of methoxy groups -OCH3 is 1. The summed E-state index contributed by atoms with van der Waals surface area (Å²) in [5, 5.41) is 5.10. The SMILES string of the molecule is COc1ccc(S(=O)(=O)N2C[C@H](C(=O)NCc3ccc4ccccc4c3)Oc3ccc(C)cc32)cc1. The van der Waals surface area contributed by atoms with E-state index in [1.54, 1.807) is 24.3 Å². The van der Waals surface area contributed by atoms with E-state index in [0.717, 1.165) is 21.9 Å². The zero-order valence-electron chi connectivity index (χ0n) is 20.0. The molecule has 0 radical (unpaired) electrons. The van der Waals surface area contributed by atoms with Gasteiger partial charge < -0.3 is 14.8 Å². The summed E-state index contributed by atoms with van der Waals surface area (Å²) in [4.78, 5) is 13.2. The molecule has 4 aromatic rings. The van der Waals surface area contributed by atoms with Crippen LogP contribution in [0, 0.1) is 6.92 Å². The molecule has 0 unspecified atom stereocenters. The Kier molecular flexibility index (Phi) is 6.28. The third-order valence-corrected chi connectivity index (χ3v) is 8.00. The smallest absolute Gasteiger partial charge is 0.264 e. The summed E-state index contributed by atoms with van der Waals surface area (Å²) in [6, 6.07) is 25.5. The van der Waals surface area contributed by atoms with Gasteiger partial charge in [-0.05, 0) is 71.3 Å². The van der Waals surface area contributed by atoms with Crippen molar-refractivity contribution in [1.82, 2.24) is 5.32 Å². The second kappa shape index (κ2) is 9.54. The second-order valence-corrected chi connectivity index (χ2v) is 10.6. The standard InChI is InChI=1S/C28H26N2O5S/c1-19-7-14-26-25(15-19)30(36(32,33)24-12-10-23(34-2)11-13-24)18-27(35-26)28(31)29-17-20-8-9-21-5-3-4-6-22(21)16-20/h3-16,27H,17-18H2,1-2H3,(H,29,31)/t27-/m1/s1. The number of hydrogen-bond donors (Lipinski definition) is 1. The van der Waals surface area contributed by atoms with Crippen molar-refractivity contribution in [3.8, 4) is 11.5 Å². The molecule has 0 aliphatic carbocycles. The fourth-order valence-electron chi connectivity index (χ4n) is 4.25. The predicted molar refractivity (Wildman–Crippen MR) is 139 cm³/mol. The lowest BCUT2D eigenvalue weighted by atomic mass is 10.1. The molecule has 1 atom stereocenters. The third kappa shape index (κ3) is 4.59. The Labute approximate surface area is 210 Å². The number of rotatable bonds is 6. The van der Waals surface area contributed by atoms with E-state index in [4.69, 9.17) is 9.47 Å². The van der Waals surface area contributed by atoms with Gasteiger partial charge in [-0.1, -0.05) is 42.5 Å². The van der Waals surface area contributed by atoms with E-state index >= 15 is 0 Å². The highest BCUT2D eigenvalue weighted by molar-refractivity contribution is 7.92. The van der Waals surface area contributed by atoms with Crippen LogP contribution in [0.2, 0.25) is 0 Å². The largest absolute Gasteiger partial charge is 0.497 e. The lowest BCUT2D eigenvalue weighted by molar-refractivity contribution is -0.127. The van der Waals surface area contributed by atoms with Crippen molar-refractivity contribution < 1.29 is 22.7 Å². The zero-order valence-corrected chi connectivity index (χ0v) is 20.8. The molecule has 1 aliphatic rings. The number of amides is 1. The maximum absolute atomic E-state index is 13.6. The van der Waals surface area contributed by atoms with Crippen LogP contribution in [-0.2, 0) is 21.4 Å². The van der Waals surface area contributed by atoms with E-state index in [1.807, 2.05) is 55.5 Å². The van der Waals surface area contributed by atoms with Crippen molar-refractivity contribution in [2.24, 2.45) is 0 Å². The number of benzene rings is 4. The fraction of sp³-hybridized carbons (Fsp3) is 0.179. The molecule has 0 aromatic heterocycles. The van der Waals surface area contributed by atoms with E-state index in [2.05, 4.69) is 5.32 Å². The van der Waals surface area contributed by atoms with Gasteiger partial charge in [-0.15, -0.1) is 0 Å². The number of aryl methyl sites for hydroxylation is 1. The van der Waals surface area contributed by atoms with Crippen LogP contribution in [0.5, 0.6) is 11.5 Å². The lowest BCUT2D eigenvalue weighted by Gasteiger charge is -2.35. The molecule has 1 N–H and O–H groups in total. The number of ether oxygens (including phenoxy) is 2. The first-order valence-electron chi connectivity index (χ1n) is 11.5. The van der Waals surface area contributed by atoms with Crippen LogP contribution in [0.25, 0.3) is 10.8 Å². The summed E-state index contributed by atoms with van der Waals surface area (Å²) >= 11 is 0. The van der Waals surface area contributed by atoms with E-state index in [-0.39, 0.29) is 17.3 Å². The molecule has 0 spiro atoms. The monoisotopic (exact) mass is 502 g/mol. The number of carbonyl (C=O) groups excluding carboxylic acids is 1. The van der Waals surface area contributed by atoms with Gasteiger partial charge in [0, 0.05) is 6.54 Å². The molecule has 0 fully saturated rings. The van der Waals surface area contributed by atoms with Gasteiger partial charge in [-0.3, -0.25) is 9.10 Å². The van der Waals surface area contributed by atoms with E-state index in [0.29, 0.717) is 23.7 Å². The number of hydrogen-bond acceptors (Lipinski definition) is 5. The number of fused-ring (bicyclic) bond motifs is 2. The Morgan fingerprint density at radius 2 is 1.75 bits per heavy atom. The summed E-state index contributed by atoms with van der Waals surface area (Å²) in [5.74, 6) is 0.511. The molecule has 1 aliphatic heterocycles. The molecule has 1 heterocycles. The molecule has 1 amide bonds. The molecule has 36 heavy (non-hydrogen) atoms. The van der Waals surface area contributed by atoms with Crippen molar-refractivity contribution >= 4 is 32.4 Å². The van der Waals surface area contributed by atoms with Crippen molar-refractivity contribution in [3.05, 3.63) is 96.1 Å². The Morgan fingerprint density at radius 1 is 1.00 bits per heavy atom. The summed E-state index contributed by atoms with van der Waals surface area (Å²) < 4.78 is 39.6. The Balaban J connectivity index is 1.40. The Bertz CT molecular complexity index is 1530. The minimum atomic E-state index is -3.96. The molecule has 184 valence electrons. The molecule has 5 rings (SSSR count). The zero-order chi connectivity index (χ0) is 25.3. The van der Waals surface area contributed by atoms with Gasteiger partial charge in [0.05, 0.1) is 24.2 Å². The van der Waals surface area contributed by atoms with Gasteiger partial charge in [-0.25, -0.2) is 8.42 Å². The molecule has 0 saturated heterocycles. The maximum atomic E-state index is 13.6. The molecule has 0 bridgehead atoms. The normalized spacial score (nSPS) is 15.2. The average Bonchev–Trinajstić information content (AvgIpc) is 2.91. The lowest BCUT2D eigenvalue weighted by Crippen LogP contribution is -2.50. The highest BCUT2D eigenvalue weighted by atomic mass is 32.2. The quantitative estimate of drug-likeness (QED) is 0.422. The molecule has 4 aromatic carbocycles. The van der Waals surface area contributed by atoms with Crippen molar-refractivity contribution in [2.75, 3.05) is 18.0 Å². The summed E-state index contributed by atoms with van der Waals surface area (Å²) in [7, 11) is -2.44. The topological polar surface area (TPSA) is 84.9 Å². The van der Waals surface area contributed by atoms with Crippen molar-refractivity contribution in [2.45, 2.75) is 24.5 Å². The van der Waals surface area contributed by atoms with Gasteiger partial charge in [0.25, 0.3) is 15.9 Å². The van der Waals surface area contributed by atoms with Gasteiger partial charge in [-0.2, -0.15) is 0 Å². The third-order valence-electron chi connectivity index (χ3n) is 6.20. The number of nitrogens with one attached hydrogen (secondary N) is 1. The molecule has 0 saturated carbocycles. The number of carbonyl (C=O) groups is 1. The second-order valence-electron chi connectivity index (χ2n) is 8.69. The maximum Gasteiger partial charge on any atom is 0.264 e. The molecule has 7 nitrogen and oxygen atoms in total.